The van der Waals surface area contributed by atoms with Crippen LogP contribution in [-0.4, -0.2) is 47.6 Å². The molecule has 0 aromatic rings. The van der Waals surface area contributed by atoms with Crippen LogP contribution in [0.5, 0.6) is 0 Å². The van der Waals surface area contributed by atoms with E-state index in [0.29, 0.717) is 25.4 Å². The number of hydroxylamine groups is 1. The Kier molecular flexibility index (Phi) is 6.75. The lowest BCUT2D eigenvalue weighted by Gasteiger charge is -2.33. The fraction of sp³-hybridized carbons (Fsp3) is 0.833. The van der Waals surface area contributed by atoms with Crippen LogP contribution >= 0.6 is 0 Å². The minimum Gasteiger partial charge on any atom is -0.341 e. The van der Waals surface area contributed by atoms with Crippen LogP contribution in [0, 0.1) is 5.92 Å². The second-order valence-electron chi connectivity index (χ2n) is 5.04. The van der Waals surface area contributed by atoms with Gasteiger partial charge in [-0.15, -0.1) is 0 Å². The van der Waals surface area contributed by atoms with E-state index < -0.39 is 6.04 Å². The molecule has 6 N–H and O–H groups in total. The Morgan fingerprint density at radius 1 is 1.37 bits per heavy atom. The highest BCUT2D eigenvalue weighted by Crippen LogP contribution is 2.22. The summed E-state index contributed by atoms with van der Waals surface area (Å²) in [6.45, 7) is 1.60. The van der Waals surface area contributed by atoms with E-state index in [-0.39, 0.29) is 18.4 Å². The van der Waals surface area contributed by atoms with Crippen molar-refractivity contribution in [2.75, 3.05) is 19.6 Å². The lowest BCUT2D eigenvalue weighted by Crippen LogP contribution is -2.50. The maximum Gasteiger partial charge on any atom is 0.243 e. The SMILES string of the molecule is NC[C@H](N)C(=O)N1CCC(CCCC(=O)NO)CC1. The Balaban J connectivity index is 2.22. The second kappa shape index (κ2) is 8.08. The van der Waals surface area contributed by atoms with Crippen LogP contribution in [0.3, 0.4) is 0 Å². The predicted molar refractivity (Wildman–Crippen MR) is 70.1 cm³/mol. The highest BCUT2D eigenvalue weighted by atomic mass is 16.5. The van der Waals surface area contributed by atoms with Crippen molar-refractivity contribution in [2.45, 2.75) is 38.1 Å². The van der Waals surface area contributed by atoms with Gasteiger partial charge < -0.3 is 16.4 Å². The summed E-state index contributed by atoms with van der Waals surface area (Å²) >= 11 is 0. The van der Waals surface area contributed by atoms with Gasteiger partial charge in [-0.25, -0.2) is 5.48 Å². The number of nitrogens with one attached hydrogen (secondary N) is 1. The van der Waals surface area contributed by atoms with E-state index in [1.807, 2.05) is 0 Å². The van der Waals surface area contributed by atoms with Crippen molar-refractivity contribution < 1.29 is 14.8 Å². The van der Waals surface area contributed by atoms with Crippen LogP contribution in [0.4, 0.5) is 0 Å². The first-order chi connectivity index (χ1) is 9.08. The zero-order valence-corrected chi connectivity index (χ0v) is 11.2. The van der Waals surface area contributed by atoms with Gasteiger partial charge >= 0.3 is 0 Å². The topological polar surface area (TPSA) is 122 Å². The van der Waals surface area contributed by atoms with Gasteiger partial charge in [-0.05, 0) is 31.6 Å². The van der Waals surface area contributed by atoms with Crippen molar-refractivity contribution in [3.63, 3.8) is 0 Å². The van der Waals surface area contributed by atoms with E-state index in [9.17, 15) is 9.59 Å². The summed E-state index contributed by atoms with van der Waals surface area (Å²) in [4.78, 5) is 24.5. The third kappa shape index (κ3) is 5.14. The number of carbonyl (C=O) groups excluding carboxylic acids is 2. The fourth-order valence-corrected chi connectivity index (χ4v) is 2.38. The molecule has 1 rings (SSSR count). The molecule has 0 saturated carbocycles. The van der Waals surface area contributed by atoms with E-state index in [4.69, 9.17) is 16.7 Å². The van der Waals surface area contributed by atoms with Gasteiger partial charge in [-0.3, -0.25) is 14.8 Å². The number of nitrogens with two attached hydrogens (primary N) is 2. The molecule has 1 heterocycles. The maximum absolute atomic E-state index is 11.8. The Morgan fingerprint density at radius 2 is 2.00 bits per heavy atom. The van der Waals surface area contributed by atoms with Gasteiger partial charge in [0.2, 0.25) is 11.8 Å². The maximum atomic E-state index is 11.8. The van der Waals surface area contributed by atoms with E-state index >= 15 is 0 Å². The van der Waals surface area contributed by atoms with Crippen molar-refractivity contribution in [3.05, 3.63) is 0 Å². The molecule has 0 aliphatic carbocycles. The number of carbonyl (C=O) groups is 2. The summed E-state index contributed by atoms with van der Waals surface area (Å²) in [5.41, 5.74) is 12.6. The molecule has 7 heteroatoms. The zero-order chi connectivity index (χ0) is 14.3. The molecular weight excluding hydrogens is 248 g/mol. The summed E-state index contributed by atoms with van der Waals surface area (Å²) in [6.07, 6.45) is 3.91. The van der Waals surface area contributed by atoms with Gasteiger partial charge in [-0.2, -0.15) is 0 Å². The lowest BCUT2D eigenvalue weighted by molar-refractivity contribution is -0.133. The molecule has 0 aromatic carbocycles. The molecular formula is C12H24N4O3. The Bertz CT molecular complexity index is 303. The normalized spacial score (nSPS) is 18.2. The van der Waals surface area contributed by atoms with Crippen molar-refractivity contribution in [1.82, 2.24) is 10.4 Å². The fourth-order valence-electron chi connectivity index (χ4n) is 2.38. The van der Waals surface area contributed by atoms with E-state index in [0.717, 1.165) is 25.7 Å². The first-order valence-corrected chi connectivity index (χ1v) is 6.75. The summed E-state index contributed by atoms with van der Waals surface area (Å²) in [5, 5.41) is 8.38. The van der Waals surface area contributed by atoms with Crippen LogP contribution in [0.25, 0.3) is 0 Å². The first kappa shape index (κ1) is 15.9. The molecule has 7 nitrogen and oxygen atoms in total. The average molecular weight is 272 g/mol. The second-order valence-corrected chi connectivity index (χ2v) is 5.04. The highest BCUT2D eigenvalue weighted by molar-refractivity contribution is 5.82. The number of amides is 2. The number of nitrogens with zero attached hydrogens (tertiary/aromatic N) is 1. The lowest BCUT2D eigenvalue weighted by atomic mass is 9.91. The average Bonchev–Trinajstić information content (AvgIpc) is 2.46. The van der Waals surface area contributed by atoms with Gasteiger partial charge in [0.1, 0.15) is 0 Å². The van der Waals surface area contributed by atoms with Gasteiger partial charge in [-0.1, -0.05) is 0 Å². The zero-order valence-electron chi connectivity index (χ0n) is 11.2. The Hall–Kier alpha value is -1.18. The van der Waals surface area contributed by atoms with Crippen LogP contribution < -0.4 is 16.9 Å². The summed E-state index contributed by atoms with van der Waals surface area (Å²) < 4.78 is 0. The molecule has 19 heavy (non-hydrogen) atoms. The molecule has 1 aliphatic rings. The first-order valence-electron chi connectivity index (χ1n) is 6.75. The number of piperidine rings is 1. The van der Waals surface area contributed by atoms with Crippen LogP contribution in [0.1, 0.15) is 32.1 Å². The predicted octanol–water partition coefficient (Wildman–Crippen LogP) is -0.813. The van der Waals surface area contributed by atoms with Gasteiger partial charge in [0.25, 0.3) is 0 Å². The molecule has 1 saturated heterocycles. The van der Waals surface area contributed by atoms with E-state index in [1.165, 1.54) is 0 Å². The monoisotopic (exact) mass is 272 g/mol. The molecule has 1 atom stereocenters. The molecule has 2 amide bonds. The molecule has 0 radical (unpaired) electrons. The summed E-state index contributed by atoms with van der Waals surface area (Å²) in [6, 6.07) is -0.593. The number of likely N-dealkylation sites (tertiary alicyclic amines) is 1. The van der Waals surface area contributed by atoms with Gasteiger partial charge in [0.15, 0.2) is 0 Å². The Labute approximate surface area is 113 Å². The van der Waals surface area contributed by atoms with Gasteiger partial charge in [0, 0.05) is 26.1 Å². The third-order valence-electron chi connectivity index (χ3n) is 3.64. The molecule has 0 bridgehead atoms. The third-order valence-corrected chi connectivity index (χ3v) is 3.64. The van der Waals surface area contributed by atoms with Gasteiger partial charge in [0.05, 0.1) is 6.04 Å². The molecule has 0 unspecified atom stereocenters. The van der Waals surface area contributed by atoms with Crippen LogP contribution in [-0.2, 0) is 9.59 Å². The molecule has 1 aliphatic heterocycles. The number of hydrogen-bond donors (Lipinski definition) is 4. The molecule has 110 valence electrons. The van der Waals surface area contributed by atoms with Crippen molar-refractivity contribution in [2.24, 2.45) is 17.4 Å². The number of hydrogen-bond acceptors (Lipinski definition) is 5. The van der Waals surface area contributed by atoms with Crippen LogP contribution in [0.2, 0.25) is 0 Å². The summed E-state index contributed by atoms with van der Waals surface area (Å²) in [5.74, 6) is 0.117. The quantitative estimate of drug-likeness (QED) is 0.372. The summed E-state index contributed by atoms with van der Waals surface area (Å²) in [7, 11) is 0. The standard InChI is InChI=1S/C12H24N4O3/c13-8-10(14)12(18)16-6-4-9(5-7-16)2-1-3-11(17)15-19/h9-10,19H,1-8,13-14H2,(H,15,17)/t10-/m0/s1. The number of rotatable bonds is 6. The minimum absolute atomic E-state index is 0.0689. The molecule has 1 fully saturated rings. The van der Waals surface area contributed by atoms with Crippen molar-refractivity contribution >= 4 is 11.8 Å². The molecule has 0 spiro atoms. The largest absolute Gasteiger partial charge is 0.341 e. The van der Waals surface area contributed by atoms with Crippen LogP contribution in [0.15, 0.2) is 0 Å². The van der Waals surface area contributed by atoms with Crippen molar-refractivity contribution in [1.29, 1.82) is 0 Å². The molecule has 0 aromatic heterocycles. The Morgan fingerprint density at radius 3 is 2.53 bits per heavy atom. The van der Waals surface area contributed by atoms with E-state index in [2.05, 4.69) is 0 Å². The smallest absolute Gasteiger partial charge is 0.243 e. The minimum atomic E-state index is -0.593. The highest BCUT2D eigenvalue weighted by Gasteiger charge is 2.25. The van der Waals surface area contributed by atoms with E-state index in [1.54, 1.807) is 10.4 Å². The van der Waals surface area contributed by atoms with Crippen molar-refractivity contribution in [3.8, 4) is 0 Å².